The Kier molecular flexibility index (Phi) is 7.70. The van der Waals surface area contributed by atoms with E-state index in [4.69, 9.17) is 18.9 Å². The van der Waals surface area contributed by atoms with E-state index in [9.17, 15) is 35.1 Å². The van der Waals surface area contributed by atoms with Crippen LogP contribution in [-0.4, -0.2) is 100 Å². The summed E-state index contributed by atoms with van der Waals surface area (Å²) in [5, 5.41) is 52.3. The van der Waals surface area contributed by atoms with Crippen molar-refractivity contribution in [1.82, 2.24) is 5.32 Å². The summed E-state index contributed by atoms with van der Waals surface area (Å²) in [7, 11) is 1.17. The Morgan fingerprint density at radius 1 is 1.11 bits per heavy atom. The van der Waals surface area contributed by atoms with Crippen LogP contribution < -0.4 is 5.32 Å². The molecule has 12 nitrogen and oxygen atoms in total. The van der Waals surface area contributed by atoms with Gasteiger partial charge in [0, 0.05) is 20.0 Å². The molecule has 2 aliphatic rings. The van der Waals surface area contributed by atoms with Gasteiger partial charge in [-0.1, -0.05) is 0 Å². The lowest BCUT2D eigenvalue weighted by atomic mass is 9.88. The number of carboxylic acids is 1. The Morgan fingerprint density at radius 3 is 2.25 bits per heavy atom. The van der Waals surface area contributed by atoms with Crippen molar-refractivity contribution in [2.45, 2.75) is 63.2 Å². The average Bonchev–Trinajstić information content (AvgIpc) is 2.58. The molecule has 0 radical (unpaired) electrons. The topological polar surface area (TPSA) is 184 Å². The highest BCUT2D eigenvalue weighted by molar-refractivity contribution is 5.73. The largest absolute Gasteiger partial charge is 0.481 e. The molecule has 162 valence electrons. The van der Waals surface area contributed by atoms with Crippen molar-refractivity contribution in [3.8, 4) is 0 Å². The maximum Gasteiger partial charge on any atom is 0.314 e. The SMILES string of the molecule is CO[C@@H]1C(O)O[C@@H](O[C@@H]2C(CO)[C@H](C)OC(NC(C)=O)[C@@H]2O)C(C(=O)O)[C@H]1O. The molecule has 0 saturated carbocycles. The maximum absolute atomic E-state index is 11.6. The van der Waals surface area contributed by atoms with Gasteiger partial charge in [0.25, 0.3) is 0 Å². The van der Waals surface area contributed by atoms with Gasteiger partial charge in [-0.25, -0.2) is 0 Å². The molecule has 2 saturated heterocycles. The van der Waals surface area contributed by atoms with Crippen molar-refractivity contribution >= 4 is 11.9 Å². The van der Waals surface area contributed by atoms with Gasteiger partial charge in [-0.05, 0) is 6.92 Å². The predicted molar refractivity (Wildman–Crippen MR) is 88.4 cm³/mol. The summed E-state index contributed by atoms with van der Waals surface area (Å²) in [4.78, 5) is 23.0. The molecule has 0 spiro atoms. The van der Waals surface area contributed by atoms with E-state index in [2.05, 4.69) is 5.32 Å². The van der Waals surface area contributed by atoms with Gasteiger partial charge in [0.05, 0.1) is 18.8 Å². The highest BCUT2D eigenvalue weighted by Gasteiger charge is 2.53. The number of aliphatic carboxylic acids is 1. The number of amides is 1. The first-order chi connectivity index (χ1) is 13.1. The maximum atomic E-state index is 11.6. The van der Waals surface area contributed by atoms with Crippen LogP contribution in [0.5, 0.6) is 0 Å². The average molecular weight is 409 g/mol. The van der Waals surface area contributed by atoms with E-state index < -0.39 is 79.6 Å². The summed E-state index contributed by atoms with van der Waals surface area (Å²) in [6, 6.07) is 0. The van der Waals surface area contributed by atoms with E-state index in [1.807, 2.05) is 0 Å². The molecule has 2 fully saturated rings. The number of methoxy groups -OCH3 is 1. The monoisotopic (exact) mass is 409 g/mol. The Balaban J connectivity index is 2.27. The minimum Gasteiger partial charge on any atom is -0.481 e. The molecule has 0 aliphatic carbocycles. The number of hydrogen-bond acceptors (Lipinski definition) is 10. The number of aliphatic hydroxyl groups excluding tert-OH is 4. The minimum absolute atomic E-state index is 0.480. The van der Waals surface area contributed by atoms with Crippen molar-refractivity contribution in [1.29, 1.82) is 0 Å². The second-order valence-corrected chi connectivity index (χ2v) is 6.85. The Morgan fingerprint density at radius 2 is 1.75 bits per heavy atom. The third-order valence-corrected chi connectivity index (χ3v) is 4.99. The quantitative estimate of drug-likeness (QED) is 0.262. The van der Waals surface area contributed by atoms with Gasteiger partial charge in [0.15, 0.2) is 18.8 Å². The van der Waals surface area contributed by atoms with Crippen LogP contribution in [0.1, 0.15) is 13.8 Å². The molecule has 6 N–H and O–H groups in total. The van der Waals surface area contributed by atoms with Gasteiger partial charge in [0.1, 0.15) is 24.2 Å². The first kappa shape index (κ1) is 22.9. The van der Waals surface area contributed by atoms with Gasteiger partial charge in [-0.3, -0.25) is 9.59 Å². The van der Waals surface area contributed by atoms with Crippen LogP contribution in [0.25, 0.3) is 0 Å². The summed E-state index contributed by atoms with van der Waals surface area (Å²) in [5.41, 5.74) is 0. The lowest BCUT2D eigenvalue weighted by molar-refractivity contribution is -0.354. The van der Waals surface area contributed by atoms with Gasteiger partial charge >= 0.3 is 5.97 Å². The van der Waals surface area contributed by atoms with Crippen LogP contribution in [0, 0.1) is 11.8 Å². The van der Waals surface area contributed by atoms with Crippen molar-refractivity contribution in [2.75, 3.05) is 13.7 Å². The molecule has 2 heterocycles. The van der Waals surface area contributed by atoms with E-state index in [1.54, 1.807) is 6.92 Å². The fourth-order valence-corrected chi connectivity index (χ4v) is 3.48. The predicted octanol–water partition coefficient (Wildman–Crippen LogP) is -3.03. The molecular weight excluding hydrogens is 382 g/mol. The van der Waals surface area contributed by atoms with E-state index in [-0.39, 0.29) is 0 Å². The third kappa shape index (κ3) is 4.60. The molecule has 2 aliphatic heterocycles. The van der Waals surface area contributed by atoms with Gasteiger partial charge < -0.3 is 49.8 Å². The third-order valence-electron chi connectivity index (χ3n) is 4.99. The van der Waals surface area contributed by atoms with E-state index >= 15 is 0 Å². The minimum atomic E-state index is -1.69. The molecule has 4 unspecified atom stereocenters. The zero-order chi connectivity index (χ0) is 21.2. The molecule has 10 atom stereocenters. The molecule has 0 bridgehead atoms. The molecule has 1 amide bonds. The van der Waals surface area contributed by atoms with Crippen LogP contribution in [0.2, 0.25) is 0 Å². The number of aliphatic hydroxyl groups is 4. The Labute approximate surface area is 160 Å². The van der Waals surface area contributed by atoms with Gasteiger partial charge in [0.2, 0.25) is 5.91 Å². The number of rotatable bonds is 6. The van der Waals surface area contributed by atoms with Crippen molar-refractivity contribution in [3.63, 3.8) is 0 Å². The number of carbonyl (C=O) groups excluding carboxylic acids is 1. The number of carbonyl (C=O) groups is 2. The highest BCUT2D eigenvalue weighted by Crippen LogP contribution is 2.34. The smallest absolute Gasteiger partial charge is 0.314 e. The van der Waals surface area contributed by atoms with Crippen LogP contribution in [-0.2, 0) is 28.5 Å². The molecule has 0 aromatic carbocycles. The molecule has 0 aromatic heterocycles. The number of hydrogen-bond donors (Lipinski definition) is 6. The zero-order valence-electron chi connectivity index (χ0n) is 15.7. The molecular formula is C16H27NO11. The van der Waals surface area contributed by atoms with Crippen molar-refractivity contribution < 1.29 is 54.1 Å². The van der Waals surface area contributed by atoms with Crippen LogP contribution in [0.3, 0.4) is 0 Å². The molecule has 12 heteroatoms. The Bertz CT molecular complexity index is 561. The number of carboxylic acid groups (broad SMARTS) is 1. The second kappa shape index (κ2) is 9.41. The van der Waals surface area contributed by atoms with E-state index in [0.717, 1.165) is 0 Å². The summed E-state index contributed by atoms with van der Waals surface area (Å²) < 4.78 is 21.2. The summed E-state index contributed by atoms with van der Waals surface area (Å²) in [6.45, 7) is 2.32. The summed E-state index contributed by atoms with van der Waals surface area (Å²) in [6.07, 6.45) is -10.9. The zero-order valence-corrected chi connectivity index (χ0v) is 15.7. The van der Waals surface area contributed by atoms with Crippen molar-refractivity contribution in [2.24, 2.45) is 11.8 Å². The van der Waals surface area contributed by atoms with Crippen molar-refractivity contribution in [3.05, 3.63) is 0 Å². The summed E-state index contributed by atoms with van der Waals surface area (Å²) >= 11 is 0. The number of ether oxygens (including phenoxy) is 4. The first-order valence-electron chi connectivity index (χ1n) is 8.76. The molecule has 2 rings (SSSR count). The fraction of sp³-hybridized carbons (Fsp3) is 0.875. The Hall–Kier alpha value is -1.38. The van der Waals surface area contributed by atoms with E-state index in [0.29, 0.717) is 0 Å². The highest BCUT2D eigenvalue weighted by atomic mass is 16.7. The van der Waals surface area contributed by atoms with Crippen LogP contribution in [0.15, 0.2) is 0 Å². The standard InChI is InChI=1S/C16H27NO11/c1-5-7(4-18)11(10(21)13(26-5)17-6(2)19)27-16-8(14(22)23)9(20)12(25-3)15(24)28-16/h5,7-13,15-16,18,20-21,24H,4H2,1-3H3,(H,17,19)(H,22,23)/t5-,7?,8?,9+,10+,11+,12-,13?,15?,16+/m0/s1. The first-order valence-corrected chi connectivity index (χ1v) is 8.76. The van der Waals surface area contributed by atoms with Gasteiger partial charge in [-0.2, -0.15) is 0 Å². The lowest BCUT2D eigenvalue weighted by Gasteiger charge is -2.47. The summed E-state index contributed by atoms with van der Waals surface area (Å²) in [5.74, 6) is -4.40. The fourth-order valence-electron chi connectivity index (χ4n) is 3.48. The normalized spacial score (nSPS) is 44.1. The van der Waals surface area contributed by atoms with Gasteiger partial charge in [-0.15, -0.1) is 0 Å². The molecule has 0 aromatic rings. The lowest BCUT2D eigenvalue weighted by Crippen LogP contribution is -2.64. The number of nitrogens with one attached hydrogen (secondary N) is 1. The van der Waals surface area contributed by atoms with Crippen LogP contribution >= 0.6 is 0 Å². The second-order valence-electron chi connectivity index (χ2n) is 6.85. The van der Waals surface area contributed by atoms with Crippen LogP contribution in [0.4, 0.5) is 0 Å². The molecule has 28 heavy (non-hydrogen) atoms. The van der Waals surface area contributed by atoms with E-state index in [1.165, 1.54) is 14.0 Å².